The molecule has 11 aromatic carbocycles. The maximum absolute atomic E-state index is 3.68. The van der Waals surface area contributed by atoms with Crippen LogP contribution in [0, 0.1) is 140 Å². The van der Waals surface area contributed by atoms with Crippen molar-refractivity contribution < 1.29 is 1.43 Å². The molecule has 0 radical (unpaired) electrons. The first-order chi connectivity index (χ1) is 51.6. The van der Waals surface area contributed by atoms with E-state index in [1.807, 2.05) is 12.1 Å². The lowest BCUT2D eigenvalue weighted by Crippen LogP contribution is -1.97. The molecule has 0 saturated heterocycles. The predicted molar refractivity (Wildman–Crippen MR) is 463 cm³/mol. The van der Waals surface area contributed by atoms with E-state index in [0.29, 0.717) is 0 Å². The molecule has 0 N–H and O–H groups in total. The van der Waals surface area contributed by atoms with Gasteiger partial charge in [0.2, 0.25) is 0 Å². The highest BCUT2D eigenvalue weighted by Crippen LogP contribution is 2.43. The fourth-order valence-corrected chi connectivity index (χ4v) is 16.7. The summed E-state index contributed by atoms with van der Waals surface area (Å²) in [6.07, 6.45) is 10.6. The first-order valence-corrected chi connectivity index (χ1v) is 37.1. The third-order valence-corrected chi connectivity index (χ3v) is 19.3. The number of fused-ring (bicyclic) bond motifs is 12. The molecule has 490 valence electrons. The largest absolute Gasteiger partial charge is 0.309 e. The number of halogens is 5. The number of rotatable bonds is 5. The van der Waals surface area contributed by atoms with Crippen molar-refractivity contribution in [1.29, 1.82) is 0 Å². The van der Waals surface area contributed by atoms with Gasteiger partial charge in [0.15, 0.2) is 5.69 Å². The van der Waals surface area contributed by atoms with E-state index in [1.54, 1.807) is 13.8 Å². The monoisotopic (exact) mass is 1700 g/mol. The van der Waals surface area contributed by atoms with Crippen LogP contribution in [0.25, 0.3) is 117 Å². The highest BCUT2D eigenvalue weighted by atomic mass is 127. The van der Waals surface area contributed by atoms with E-state index in [0.717, 1.165) is 30.0 Å². The third kappa shape index (κ3) is 17.0. The van der Waals surface area contributed by atoms with Crippen LogP contribution in [0.3, 0.4) is 0 Å². The van der Waals surface area contributed by atoms with E-state index in [9.17, 15) is 0 Å². The van der Waals surface area contributed by atoms with Gasteiger partial charge in [0.05, 0.1) is 39.3 Å². The second-order valence-electron chi connectivity index (χ2n) is 23.3. The summed E-state index contributed by atoms with van der Waals surface area (Å²) in [4.78, 5) is 0. The molecule has 2 aliphatic carbocycles. The minimum absolute atomic E-state index is 0. The molecule has 0 saturated carbocycles. The molecule has 16 rings (SSSR count). The molecule has 105 heavy (non-hydrogen) atoms. The Morgan fingerprint density at radius 3 is 1.18 bits per heavy atom. The Labute approximate surface area is 661 Å². The second kappa shape index (κ2) is 34.6. The van der Waals surface area contributed by atoms with Gasteiger partial charge in [-0.15, -0.1) is 0 Å². The van der Waals surface area contributed by atoms with Crippen LogP contribution >= 0.6 is 86.3 Å². The standard InChI is InChI=1S/C36H22Br2N2.C31H20N.C24H6.C6H3Br2I.H2/c37-25-20-26(38)22-28(21-25)40-34-13-7-5-11-30(34)32-19-24(15-17-36(32)40)23-14-16-35-31(18-23)29-10-4-6-12-33(29)39(35)27-8-2-1-3-9-27;1-2-9-25(10-3-1)32-30-13-7-6-12-27(30)29-20-22(16-17-31(29)32)21-14-15-24-18-23-8-4-5-11-26(23)28(24)19-21;1-3-5-7-9-11-13-15-17-19-21-23-24-22-20-18-16-14-12-10-8-6-4-2;7-4-1-5(8)3-6(9)2-4;/h1-22H;1-6,8-17,19-20H,18H2;1-2H3;1-3H;1H/q;+1;;;/i;;;;1+1. The van der Waals surface area contributed by atoms with Crippen molar-refractivity contribution in [3.63, 3.8) is 0 Å². The van der Waals surface area contributed by atoms with Gasteiger partial charge in [-0.1, -0.05) is 203 Å². The van der Waals surface area contributed by atoms with Gasteiger partial charge in [0.1, 0.15) is 17.7 Å². The first kappa shape index (κ1) is 71.2. The molecule has 0 fully saturated rings. The maximum atomic E-state index is 3.68. The van der Waals surface area contributed by atoms with Crippen LogP contribution in [0.5, 0.6) is 0 Å². The highest BCUT2D eigenvalue weighted by molar-refractivity contribution is 14.1. The molecule has 8 heteroatoms. The molecule has 3 aromatic heterocycles. The van der Waals surface area contributed by atoms with E-state index in [-0.39, 0.29) is 1.43 Å². The lowest BCUT2D eigenvalue weighted by Gasteiger charge is -2.10. The van der Waals surface area contributed by atoms with Crippen molar-refractivity contribution >= 4 is 153 Å². The average Bonchev–Trinajstić information content (AvgIpc) is 1.59. The van der Waals surface area contributed by atoms with Crippen LogP contribution in [0.1, 0.15) is 37.7 Å². The number of hydrogen-bond acceptors (Lipinski definition) is 0. The van der Waals surface area contributed by atoms with Gasteiger partial charge in [-0.3, -0.25) is 4.57 Å². The van der Waals surface area contributed by atoms with E-state index < -0.39 is 0 Å². The summed E-state index contributed by atoms with van der Waals surface area (Å²) in [6.45, 7) is 3.40. The van der Waals surface area contributed by atoms with Gasteiger partial charge in [-0.05, 0) is 297 Å². The summed E-state index contributed by atoms with van der Waals surface area (Å²) in [5.74, 6) is 55.6. The van der Waals surface area contributed by atoms with Gasteiger partial charge in [0, 0.05) is 91.0 Å². The third-order valence-electron chi connectivity index (χ3n) is 16.8. The van der Waals surface area contributed by atoms with Crippen molar-refractivity contribution in [3.05, 3.63) is 299 Å². The van der Waals surface area contributed by atoms with E-state index in [2.05, 4.69) is 485 Å². The molecular weight excluding hydrogens is 1650 g/mol. The molecule has 0 aliphatic heterocycles. The van der Waals surface area contributed by atoms with E-state index >= 15 is 0 Å². The Hall–Kier alpha value is -12.2. The number of hydrogen-bond donors (Lipinski definition) is 0. The molecule has 2 aliphatic rings. The molecule has 3 heterocycles. The van der Waals surface area contributed by atoms with Crippen LogP contribution in [0.15, 0.2) is 267 Å². The Bertz CT molecular complexity index is 6510. The minimum Gasteiger partial charge on any atom is -0.309 e. The van der Waals surface area contributed by atoms with Gasteiger partial charge in [0.25, 0.3) is 0 Å². The molecule has 0 atom stereocenters. The van der Waals surface area contributed by atoms with Crippen LogP contribution < -0.4 is 0 Å². The van der Waals surface area contributed by atoms with Gasteiger partial charge in [-0.25, -0.2) is 0 Å². The zero-order valence-electron chi connectivity index (χ0n) is 56.3. The van der Waals surface area contributed by atoms with Crippen molar-refractivity contribution in [1.82, 2.24) is 13.7 Å². The fraction of sp³-hybridized carbons (Fsp3) is 0.0309. The summed E-state index contributed by atoms with van der Waals surface area (Å²) >= 11 is 16.4. The van der Waals surface area contributed by atoms with Crippen LogP contribution in [-0.4, -0.2) is 13.7 Å². The summed E-state index contributed by atoms with van der Waals surface area (Å²) in [7, 11) is 0. The molecule has 0 spiro atoms. The summed E-state index contributed by atoms with van der Waals surface area (Å²) in [5, 5.41) is 6.30. The van der Waals surface area contributed by atoms with Gasteiger partial charge >= 0.3 is 0 Å². The molecule has 0 amide bonds. The molecule has 3 nitrogen and oxygen atoms in total. The Balaban J connectivity index is 0.000000144. The fourth-order valence-electron chi connectivity index (χ4n) is 12.6. The van der Waals surface area contributed by atoms with Crippen molar-refractivity contribution in [2.45, 2.75) is 20.3 Å². The lowest BCUT2D eigenvalue weighted by molar-refractivity contribution is 1.10. The maximum Gasteiger partial charge on any atom is 0.166 e. The molecule has 14 aromatic rings. The van der Waals surface area contributed by atoms with Gasteiger partial charge < -0.3 is 9.13 Å². The van der Waals surface area contributed by atoms with Crippen LogP contribution in [0.4, 0.5) is 0 Å². The topological polar surface area (TPSA) is 14.8 Å². The number of aromatic nitrogens is 3. The first-order valence-electron chi connectivity index (χ1n) is 32.9. The Morgan fingerprint density at radius 2 is 0.695 bits per heavy atom. The van der Waals surface area contributed by atoms with Crippen molar-refractivity contribution in [2.75, 3.05) is 0 Å². The van der Waals surface area contributed by atoms with Crippen LogP contribution in [0.2, 0.25) is 0 Å². The normalized spacial score (nSPS) is 10.2. The minimum atomic E-state index is 0. The van der Waals surface area contributed by atoms with Crippen molar-refractivity contribution in [3.8, 4) is 181 Å². The lowest BCUT2D eigenvalue weighted by atomic mass is 9.97. The second-order valence-corrected chi connectivity index (χ2v) is 28.2. The number of benzene rings is 11. The number of para-hydroxylation sites is 4. The van der Waals surface area contributed by atoms with Crippen molar-refractivity contribution in [2.24, 2.45) is 0 Å². The molecule has 0 unspecified atom stereocenters. The summed E-state index contributed by atoms with van der Waals surface area (Å²) in [6, 6.07) is 87.4. The number of allylic oxidation sites excluding steroid dienone is 2. The summed E-state index contributed by atoms with van der Waals surface area (Å²) < 4.78 is 12.6. The zero-order chi connectivity index (χ0) is 72.3. The smallest absolute Gasteiger partial charge is 0.166 e. The zero-order valence-corrected chi connectivity index (χ0v) is 64.8. The molecular formula is C97H53Br4IN3+. The SMILES string of the molecule is Brc1cc(Br)cc(-n2c3ccccc3c3cc(-c4ccc5c(c4)c4ccccc4n5-c4ccccc4)ccc32)c1.Brc1cc(Br)cc(I)c1.CC#CC#CC#CC#CC#CC#CC#CC#CC#CC#CC#CC.[2HH].[C+]1=Cc2c(c3cc(-c4ccc5c(c4)-c4ccccc4C5)ccc3n2-c2ccccc2)C=C1. The highest BCUT2D eigenvalue weighted by Gasteiger charge is 2.25. The Kier molecular flexibility index (Phi) is 23.5. The average molecular weight is 1710 g/mol. The Morgan fingerprint density at radius 1 is 0.324 bits per heavy atom. The van der Waals surface area contributed by atoms with E-state index in [1.165, 1.54) is 125 Å². The van der Waals surface area contributed by atoms with E-state index in [4.69, 9.17) is 0 Å². The predicted octanol–water partition coefficient (Wildman–Crippen LogP) is 23.9. The number of nitrogens with zero attached hydrogens (tertiary/aromatic N) is 3. The summed E-state index contributed by atoms with van der Waals surface area (Å²) in [5.41, 5.74) is 22.5. The van der Waals surface area contributed by atoms with Crippen LogP contribution in [-0.2, 0) is 6.42 Å². The molecule has 0 bridgehead atoms. The quantitative estimate of drug-likeness (QED) is 0.0927. The van der Waals surface area contributed by atoms with Gasteiger partial charge in [-0.2, -0.15) is 0 Å².